The minimum atomic E-state index is -4.60. The summed E-state index contributed by atoms with van der Waals surface area (Å²) >= 11 is 6.52. The van der Waals surface area contributed by atoms with Gasteiger partial charge >= 0.3 is 25.2 Å². The zero-order valence-corrected chi connectivity index (χ0v) is 22.6. The van der Waals surface area contributed by atoms with Crippen molar-refractivity contribution < 1.29 is 41.9 Å². The minimum Gasteiger partial charge on any atom is -0.461 e. The largest absolute Gasteiger partial charge is 0.530 e. The van der Waals surface area contributed by atoms with Gasteiger partial charge in [0.1, 0.15) is 31.0 Å². The van der Waals surface area contributed by atoms with Crippen LogP contribution in [0.15, 0.2) is 46.2 Å². The number of nitrogens with one attached hydrogen (secondary N) is 1. The van der Waals surface area contributed by atoms with Crippen LogP contribution in [0, 0.1) is 11.8 Å². The van der Waals surface area contributed by atoms with Gasteiger partial charge in [0, 0.05) is 0 Å². The number of halogens is 2. The van der Waals surface area contributed by atoms with Crippen LogP contribution in [0.4, 0.5) is 4.39 Å². The molecule has 0 bridgehead atoms. The third-order valence-corrected chi connectivity index (χ3v) is 7.10. The molecule has 1 aliphatic heterocycles. The first-order valence-corrected chi connectivity index (χ1v) is 13.4. The second-order valence-electron chi connectivity index (χ2n) is 8.44. The van der Waals surface area contributed by atoms with Crippen molar-refractivity contribution in [3.05, 3.63) is 57.6 Å². The lowest BCUT2D eigenvalue weighted by Crippen LogP contribution is -2.44. The van der Waals surface area contributed by atoms with E-state index in [-0.39, 0.29) is 5.75 Å². The summed E-state index contributed by atoms with van der Waals surface area (Å²) in [5.41, 5.74) is -1.95. The molecule has 39 heavy (non-hydrogen) atoms. The number of esters is 1. The number of hydrogen-bond acceptors (Lipinski definition) is 11. The molecule has 2 heterocycles. The van der Waals surface area contributed by atoms with Gasteiger partial charge in [-0.2, -0.15) is 4.98 Å². The Morgan fingerprint density at radius 1 is 1.33 bits per heavy atom. The quantitative estimate of drug-likeness (QED) is 0.179. The molecule has 13 nitrogen and oxygen atoms in total. The molecule has 1 unspecified atom stereocenters. The maximum atomic E-state index is 13.6. The molecule has 1 aromatic carbocycles. The van der Waals surface area contributed by atoms with Gasteiger partial charge in [-0.15, -0.1) is 0 Å². The van der Waals surface area contributed by atoms with Crippen molar-refractivity contribution in [2.45, 2.75) is 56.3 Å². The van der Waals surface area contributed by atoms with E-state index in [1.54, 1.807) is 32.0 Å². The normalized spacial score (nSPS) is 24.8. The fourth-order valence-corrected chi connectivity index (χ4v) is 5.10. The third-order valence-electron chi connectivity index (χ3n) is 5.12. The second-order valence-corrected chi connectivity index (χ2v) is 10.6. The molecule has 1 aromatic heterocycles. The van der Waals surface area contributed by atoms with Gasteiger partial charge in [-0.3, -0.25) is 18.6 Å². The zero-order chi connectivity index (χ0) is 28.8. The average molecular weight is 590 g/mol. The number of nitrogens with zero attached hydrogens (tertiary/aromatic N) is 2. The van der Waals surface area contributed by atoms with Crippen molar-refractivity contribution in [3.8, 4) is 17.6 Å². The van der Waals surface area contributed by atoms with Crippen LogP contribution in [0.1, 0.15) is 27.0 Å². The molecule has 0 amide bonds. The molecule has 0 spiro atoms. The molecule has 3 rings (SSSR count). The van der Waals surface area contributed by atoms with Gasteiger partial charge in [0.25, 0.3) is 0 Å². The number of alkyl halides is 2. The lowest BCUT2D eigenvalue weighted by Gasteiger charge is -2.25. The van der Waals surface area contributed by atoms with E-state index in [2.05, 4.69) is 16.8 Å². The molecule has 212 valence electrons. The van der Waals surface area contributed by atoms with Crippen LogP contribution in [-0.2, 0) is 27.9 Å². The topological polar surface area (TPSA) is 168 Å². The summed E-state index contributed by atoms with van der Waals surface area (Å²) in [6, 6.07) is 7.77. The number of hydrogen-bond donors (Lipinski definition) is 2. The first-order chi connectivity index (χ1) is 18.4. The van der Waals surface area contributed by atoms with Crippen molar-refractivity contribution in [1.29, 1.82) is 0 Å². The SMILES string of the molecule is CC(C)OC(=O)[C@H](C)O[P@](=O)(OC[C@H]1O[C@@H](n2cnc(=O)[nH]c2=O)[C@@](Cl)(C#CCF)C1O)Oc1ccccc1. The van der Waals surface area contributed by atoms with Gasteiger partial charge < -0.3 is 19.1 Å². The minimum absolute atomic E-state index is 0.0717. The van der Waals surface area contributed by atoms with Crippen molar-refractivity contribution in [2.24, 2.45) is 0 Å². The maximum absolute atomic E-state index is 13.6. The number of aliphatic hydroxyl groups is 1. The van der Waals surface area contributed by atoms with E-state index in [0.717, 1.165) is 10.9 Å². The van der Waals surface area contributed by atoms with E-state index >= 15 is 0 Å². The Kier molecular flexibility index (Phi) is 10.1. The average Bonchev–Trinajstić information content (AvgIpc) is 3.11. The molecular weight excluding hydrogens is 564 g/mol. The number of aliphatic hydroxyl groups excluding tert-OH is 1. The molecule has 0 aliphatic carbocycles. The van der Waals surface area contributed by atoms with Crippen LogP contribution in [0.25, 0.3) is 0 Å². The maximum Gasteiger partial charge on any atom is 0.530 e. The van der Waals surface area contributed by atoms with E-state index in [9.17, 15) is 28.4 Å². The lowest BCUT2D eigenvalue weighted by atomic mass is 9.99. The van der Waals surface area contributed by atoms with E-state index in [4.69, 9.17) is 34.6 Å². The second kappa shape index (κ2) is 12.9. The molecule has 1 aliphatic rings. The number of carbonyl (C=O) groups is 1. The van der Waals surface area contributed by atoms with Crippen molar-refractivity contribution in [3.63, 3.8) is 0 Å². The van der Waals surface area contributed by atoms with Crippen molar-refractivity contribution >= 4 is 25.4 Å². The molecule has 1 fully saturated rings. The first-order valence-electron chi connectivity index (χ1n) is 11.5. The number of rotatable bonds is 10. The third kappa shape index (κ3) is 7.54. The summed E-state index contributed by atoms with van der Waals surface area (Å²) in [4.78, 5) is 39.2. The molecule has 1 saturated heterocycles. The van der Waals surface area contributed by atoms with E-state index in [1.807, 2.05) is 4.98 Å². The Balaban J connectivity index is 1.88. The summed E-state index contributed by atoms with van der Waals surface area (Å²) in [6.45, 7) is 2.66. The highest BCUT2D eigenvalue weighted by Crippen LogP contribution is 2.52. The molecule has 2 aromatic rings. The number of benzene rings is 1. The van der Waals surface area contributed by atoms with Gasteiger partial charge in [0.05, 0.1) is 12.7 Å². The predicted molar refractivity (Wildman–Crippen MR) is 134 cm³/mol. The predicted octanol–water partition coefficient (Wildman–Crippen LogP) is 1.70. The van der Waals surface area contributed by atoms with Crippen molar-refractivity contribution in [2.75, 3.05) is 13.3 Å². The number of phosphoric ester groups is 1. The molecule has 6 atom stereocenters. The number of aromatic nitrogens is 3. The fraction of sp³-hybridized carbons (Fsp3) is 0.478. The molecule has 0 saturated carbocycles. The Morgan fingerprint density at radius 3 is 2.64 bits per heavy atom. The van der Waals surface area contributed by atoms with Crippen LogP contribution in [0.3, 0.4) is 0 Å². The summed E-state index contributed by atoms with van der Waals surface area (Å²) < 4.78 is 54.2. The highest BCUT2D eigenvalue weighted by molar-refractivity contribution is 7.49. The molecule has 0 radical (unpaired) electrons. The molecule has 16 heteroatoms. The van der Waals surface area contributed by atoms with Gasteiger partial charge in [-0.05, 0) is 32.9 Å². The van der Waals surface area contributed by atoms with Gasteiger partial charge in [0.2, 0.25) is 0 Å². The van der Waals surface area contributed by atoms with Gasteiger partial charge in [0.15, 0.2) is 17.2 Å². The first kappa shape index (κ1) is 30.5. The van der Waals surface area contributed by atoms with Crippen LogP contribution in [0.5, 0.6) is 5.75 Å². The highest BCUT2D eigenvalue weighted by Gasteiger charge is 2.57. The Morgan fingerprint density at radius 2 is 2.03 bits per heavy atom. The monoisotopic (exact) mass is 589 g/mol. The zero-order valence-electron chi connectivity index (χ0n) is 21.0. The Labute approximate surface area is 226 Å². The summed E-state index contributed by atoms with van der Waals surface area (Å²) in [5, 5.41) is 11.0. The molecule has 2 N–H and O–H groups in total. The number of para-hydroxylation sites is 1. The van der Waals surface area contributed by atoms with Crippen LogP contribution in [0.2, 0.25) is 0 Å². The Hall–Kier alpha value is -3.05. The van der Waals surface area contributed by atoms with Gasteiger partial charge in [-0.25, -0.2) is 23.3 Å². The number of ether oxygens (including phenoxy) is 2. The lowest BCUT2D eigenvalue weighted by molar-refractivity contribution is -0.156. The van der Waals surface area contributed by atoms with E-state index < -0.39 is 74.0 Å². The summed E-state index contributed by atoms with van der Waals surface area (Å²) in [6.07, 6.45) is -5.84. The smallest absolute Gasteiger partial charge is 0.461 e. The number of aromatic amines is 1. The van der Waals surface area contributed by atoms with Crippen molar-refractivity contribution in [1.82, 2.24) is 14.5 Å². The highest BCUT2D eigenvalue weighted by atomic mass is 35.5. The fourth-order valence-electron chi connectivity index (χ4n) is 3.40. The number of phosphoric acid groups is 1. The standard InChI is InChI=1S/C23H26ClFN3O10P/c1-14(2)35-19(30)15(3)37-39(33,38-16-8-5-4-6-9-16)34-12-17-18(29)23(24,10-7-11-25)20(36-17)28-13-26-21(31)27-22(28)32/h4-6,8-9,13-15,17-18,20,29H,11-12H2,1-3H3,(H,27,31,32)/t15-,17+,18?,20+,23+,39-/m0/s1. The summed E-state index contributed by atoms with van der Waals surface area (Å²) in [5.74, 6) is 3.63. The van der Waals surface area contributed by atoms with Crippen LogP contribution >= 0.6 is 19.4 Å². The Bertz CT molecular complexity index is 1380. The van der Waals surface area contributed by atoms with Gasteiger partial charge in [-0.1, -0.05) is 41.6 Å². The van der Waals surface area contributed by atoms with E-state index in [0.29, 0.717) is 0 Å². The van der Waals surface area contributed by atoms with E-state index in [1.165, 1.54) is 19.1 Å². The number of carbonyl (C=O) groups excluding carboxylic acids is 1. The number of H-pyrrole nitrogens is 1. The van der Waals surface area contributed by atoms with Crippen LogP contribution in [-0.4, -0.2) is 68.2 Å². The van der Waals surface area contributed by atoms with Crippen LogP contribution < -0.4 is 15.9 Å². The summed E-state index contributed by atoms with van der Waals surface area (Å²) in [7, 11) is -4.60. The molecular formula is C23H26ClFN3O10P.